The molecule has 0 radical (unpaired) electrons. The lowest BCUT2D eigenvalue weighted by molar-refractivity contribution is 0.0560. The molecule has 0 aliphatic heterocycles. The van der Waals surface area contributed by atoms with Crippen molar-refractivity contribution in [2.75, 3.05) is 13.1 Å². The summed E-state index contributed by atoms with van der Waals surface area (Å²) in [6.07, 6.45) is 4.42. The van der Waals surface area contributed by atoms with Crippen LogP contribution in [0.25, 0.3) is 0 Å². The Labute approximate surface area is 118 Å². The Kier molecular flexibility index (Phi) is 7.76. The zero-order chi connectivity index (χ0) is 14.1. The summed E-state index contributed by atoms with van der Waals surface area (Å²) in [5.74, 6) is 0. The highest BCUT2D eigenvalue weighted by atomic mass is 16.3. The molecule has 2 atom stereocenters. The van der Waals surface area contributed by atoms with Crippen LogP contribution in [0.15, 0.2) is 30.3 Å². The normalized spacial score (nSPS) is 14.6. The lowest BCUT2D eigenvalue weighted by Crippen LogP contribution is -2.39. The Balaban J connectivity index is 2.65. The number of aliphatic hydroxyl groups is 1. The Hall–Kier alpha value is -0.860. The predicted molar refractivity (Wildman–Crippen MR) is 82.3 cm³/mol. The molecular formula is C17H29NO. The van der Waals surface area contributed by atoms with E-state index in [0.717, 1.165) is 18.7 Å². The van der Waals surface area contributed by atoms with E-state index in [2.05, 4.69) is 25.7 Å². The predicted octanol–water partition coefficient (Wildman–Crippen LogP) is 4.01. The third kappa shape index (κ3) is 5.33. The summed E-state index contributed by atoms with van der Waals surface area (Å²) in [4.78, 5) is 2.44. The van der Waals surface area contributed by atoms with Crippen LogP contribution in [-0.4, -0.2) is 29.1 Å². The number of hydrogen-bond donors (Lipinski definition) is 1. The summed E-state index contributed by atoms with van der Waals surface area (Å²) in [5.41, 5.74) is 1.02. The van der Waals surface area contributed by atoms with Gasteiger partial charge in [0.15, 0.2) is 0 Å². The fraction of sp³-hybridized carbons (Fsp3) is 0.647. The van der Waals surface area contributed by atoms with Crippen molar-refractivity contribution >= 4 is 0 Å². The molecule has 0 saturated carbocycles. The topological polar surface area (TPSA) is 23.5 Å². The maximum absolute atomic E-state index is 10.5. The second-order valence-electron chi connectivity index (χ2n) is 5.34. The zero-order valence-corrected chi connectivity index (χ0v) is 12.7. The van der Waals surface area contributed by atoms with Gasteiger partial charge < -0.3 is 5.11 Å². The van der Waals surface area contributed by atoms with E-state index in [1.165, 1.54) is 25.7 Å². The molecule has 2 heteroatoms. The minimum absolute atomic E-state index is 0.181. The van der Waals surface area contributed by atoms with Crippen molar-refractivity contribution < 1.29 is 5.11 Å². The maximum Gasteiger partial charge on any atom is 0.0942 e. The highest BCUT2D eigenvalue weighted by Gasteiger charge is 2.22. The van der Waals surface area contributed by atoms with Crippen LogP contribution in [0.5, 0.6) is 0 Å². The molecule has 0 bridgehead atoms. The Morgan fingerprint density at radius 2 is 1.53 bits per heavy atom. The van der Waals surface area contributed by atoms with Crippen molar-refractivity contribution in [2.45, 2.75) is 58.6 Å². The van der Waals surface area contributed by atoms with Gasteiger partial charge in [-0.25, -0.2) is 0 Å². The van der Waals surface area contributed by atoms with Gasteiger partial charge in [-0.3, -0.25) is 4.90 Å². The van der Waals surface area contributed by atoms with Crippen LogP contribution in [0, 0.1) is 0 Å². The molecule has 2 nitrogen and oxygen atoms in total. The van der Waals surface area contributed by atoms with Crippen molar-refractivity contribution in [3.05, 3.63) is 35.9 Å². The van der Waals surface area contributed by atoms with Gasteiger partial charge in [0, 0.05) is 6.04 Å². The van der Waals surface area contributed by atoms with E-state index >= 15 is 0 Å². The standard InChI is InChI=1S/C17H29NO/c1-4-6-13-18(14-7-5-2)15(3)17(19)16-11-9-8-10-12-16/h8-12,15,17,19H,4-7,13-14H2,1-3H3/t15-,17-/m0/s1. The first kappa shape index (κ1) is 16.2. The van der Waals surface area contributed by atoms with Crippen LogP contribution >= 0.6 is 0 Å². The van der Waals surface area contributed by atoms with Crippen LogP contribution in [0.1, 0.15) is 58.1 Å². The average Bonchev–Trinajstić information content (AvgIpc) is 2.47. The molecule has 19 heavy (non-hydrogen) atoms. The van der Waals surface area contributed by atoms with E-state index in [4.69, 9.17) is 0 Å². The molecule has 0 spiro atoms. The van der Waals surface area contributed by atoms with E-state index in [0.29, 0.717) is 0 Å². The van der Waals surface area contributed by atoms with Crippen LogP contribution in [-0.2, 0) is 0 Å². The minimum atomic E-state index is -0.394. The van der Waals surface area contributed by atoms with Crippen LogP contribution in [0.3, 0.4) is 0 Å². The highest BCUT2D eigenvalue weighted by Crippen LogP contribution is 2.21. The molecule has 1 aromatic rings. The largest absolute Gasteiger partial charge is 0.387 e. The third-order valence-corrected chi connectivity index (χ3v) is 3.77. The summed E-state index contributed by atoms with van der Waals surface area (Å²) >= 11 is 0. The Morgan fingerprint density at radius 3 is 2.00 bits per heavy atom. The third-order valence-electron chi connectivity index (χ3n) is 3.77. The first-order chi connectivity index (χ1) is 9.20. The molecule has 0 aliphatic carbocycles. The molecule has 0 unspecified atom stereocenters. The molecule has 0 aromatic heterocycles. The maximum atomic E-state index is 10.5. The van der Waals surface area contributed by atoms with Gasteiger partial charge in [-0.1, -0.05) is 57.0 Å². The van der Waals surface area contributed by atoms with E-state index in [1.54, 1.807) is 0 Å². The molecule has 0 saturated heterocycles. The molecule has 108 valence electrons. The van der Waals surface area contributed by atoms with Gasteiger partial charge in [-0.05, 0) is 38.4 Å². The van der Waals surface area contributed by atoms with Crippen molar-refractivity contribution in [1.82, 2.24) is 4.90 Å². The van der Waals surface area contributed by atoms with E-state index in [-0.39, 0.29) is 6.04 Å². The number of nitrogens with zero attached hydrogens (tertiary/aromatic N) is 1. The lowest BCUT2D eigenvalue weighted by Gasteiger charge is -2.32. The molecule has 1 rings (SSSR count). The quantitative estimate of drug-likeness (QED) is 0.727. The number of rotatable bonds is 9. The first-order valence-electron chi connectivity index (χ1n) is 7.67. The minimum Gasteiger partial charge on any atom is -0.387 e. The fourth-order valence-corrected chi connectivity index (χ4v) is 2.37. The van der Waals surface area contributed by atoms with Gasteiger partial charge in [0.25, 0.3) is 0 Å². The van der Waals surface area contributed by atoms with Crippen molar-refractivity contribution in [3.63, 3.8) is 0 Å². The van der Waals surface area contributed by atoms with Crippen LogP contribution in [0.2, 0.25) is 0 Å². The van der Waals surface area contributed by atoms with Crippen LogP contribution < -0.4 is 0 Å². The Bertz CT molecular complexity index is 317. The van der Waals surface area contributed by atoms with Crippen molar-refractivity contribution in [3.8, 4) is 0 Å². The summed E-state index contributed by atoms with van der Waals surface area (Å²) in [6, 6.07) is 10.2. The molecule has 0 heterocycles. The van der Waals surface area contributed by atoms with Gasteiger partial charge >= 0.3 is 0 Å². The number of benzene rings is 1. The summed E-state index contributed by atoms with van der Waals surface area (Å²) in [6.45, 7) is 8.75. The SMILES string of the molecule is CCCCN(CCCC)[C@@H](C)[C@H](O)c1ccccc1. The van der Waals surface area contributed by atoms with E-state index in [1.807, 2.05) is 30.3 Å². The van der Waals surface area contributed by atoms with Crippen LogP contribution in [0.4, 0.5) is 0 Å². The lowest BCUT2D eigenvalue weighted by atomic mass is 10.0. The summed E-state index contributed by atoms with van der Waals surface area (Å²) < 4.78 is 0. The molecule has 0 fully saturated rings. The summed E-state index contributed by atoms with van der Waals surface area (Å²) in [7, 11) is 0. The monoisotopic (exact) mass is 263 g/mol. The average molecular weight is 263 g/mol. The van der Waals surface area contributed by atoms with E-state index in [9.17, 15) is 5.11 Å². The summed E-state index contributed by atoms with van der Waals surface area (Å²) in [5, 5.41) is 10.5. The second kappa shape index (κ2) is 9.11. The highest BCUT2D eigenvalue weighted by molar-refractivity contribution is 5.18. The molecule has 0 amide bonds. The molecule has 1 N–H and O–H groups in total. The second-order valence-corrected chi connectivity index (χ2v) is 5.34. The van der Waals surface area contributed by atoms with Gasteiger partial charge in [-0.2, -0.15) is 0 Å². The number of hydrogen-bond acceptors (Lipinski definition) is 2. The smallest absolute Gasteiger partial charge is 0.0942 e. The van der Waals surface area contributed by atoms with Crippen molar-refractivity contribution in [1.29, 1.82) is 0 Å². The van der Waals surface area contributed by atoms with E-state index < -0.39 is 6.10 Å². The van der Waals surface area contributed by atoms with Gasteiger partial charge in [-0.15, -0.1) is 0 Å². The molecule has 1 aromatic carbocycles. The fourth-order valence-electron chi connectivity index (χ4n) is 2.37. The Morgan fingerprint density at radius 1 is 1.00 bits per heavy atom. The zero-order valence-electron chi connectivity index (χ0n) is 12.7. The van der Waals surface area contributed by atoms with Gasteiger partial charge in [0.1, 0.15) is 0 Å². The number of unbranched alkanes of at least 4 members (excludes halogenated alkanes) is 2. The van der Waals surface area contributed by atoms with Gasteiger partial charge in [0.2, 0.25) is 0 Å². The molecule has 0 aliphatic rings. The number of aliphatic hydroxyl groups excluding tert-OH is 1. The van der Waals surface area contributed by atoms with Crippen molar-refractivity contribution in [2.24, 2.45) is 0 Å². The van der Waals surface area contributed by atoms with Gasteiger partial charge in [0.05, 0.1) is 6.10 Å². The first-order valence-corrected chi connectivity index (χ1v) is 7.67. The molecular weight excluding hydrogens is 234 g/mol.